The van der Waals surface area contributed by atoms with Crippen molar-refractivity contribution in [3.8, 4) is 0 Å². The van der Waals surface area contributed by atoms with Crippen molar-refractivity contribution in [3.63, 3.8) is 0 Å². The molecular weight excluding hydrogens is 352 g/mol. The highest BCUT2D eigenvalue weighted by Gasteiger charge is 2.33. The van der Waals surface area contributed by atoms with Gasteiger partial charge in [0.2, 0.25) is 5.91 Å². The number of nitrogens with zero attached hydrogens (tertiary/aromatic N) is 4. The third-order valence-electron chi connectivity index (χ3n) is 5.85. The van der Waals surface area contributed by atoms with E-state index < -0.39 is 0 Å². The largest absolute Gasteiger partial charge is 0.336 e. The number of amides is 1. The van der Waals surface area contributed by atoms with Gasteiger partial charge >= 0.3 is 0 Å². The third-order valence-corrected chi connectivity index (χ3v) is 5.85. The van der Waals surface area contributed by atoms with Gasteiger partial charge in [-0.15, -0.1) is 0 Å². The molecule has 4 heterocycles. The number of piperazine rings is 1. The maximum absolute atomic E-state index is 13.6. The molecule has 1 aromatic carbocycles. The van der Waals surface area contributed by atoms with Gasteiger partial charge in [-0.05, 0) is 23.1 Å². The van der Waals surface area contributed by atoms with E-state index in [1.165, 1.54) is 5.56 Å². The van der Waals surface area contributed by atoms with Gasteiger partial charge in [-0.1, -0.05) is 30.3 Å². The summed E-state index contributed by atoms with van der Waals surface area (Å²) in [5.41, 5.74) is 4.28. The van der Waals surface area contributed by atoms with Crippen LogP contribution in [0.15, 0.2) is 42.7 Å². The van der Waals surface area contributed by atoms with Crippen LogP contribution in [0.2, 0.25) is 0 Å². The molecule has 7 heteroatoms. The van der Waals surface area contributed by atoms with Crippen LogP contribution in [0.1, 0.15) is 22.7 Å². The molecular formula is C21H24N6O. The van der Waals surface area contributed by atoms with Crippen molar-refractivity contribution >= 4 is 16.9 Å². The van der Waals surface area contributed by atoms with Gasteiger partial charge in [-0.2, -0.15) is 5.10 Å². The van der Waals surface area contributed by atoms with E-state index in [4.69, 9.17) is 0 Å². The van der Waals surface area contributed by atoms with E-state index in [0.29, 0.717) is 6.54 Å². The Morgan fingerprint density at radius 3 is 2.71 bits per heavy atom. The molecule has 1 fully saturated rings. The van der Waals surface area contributed by atoms with Crippen molar-refractivity contribution in [3.05, 3.63) is 59.4 Å². The molecule has 0 spiro atoms. The number of pyridine rings is 1. The number of aromatic nitrogens is 3. The summed E-state index contributed by atoms with van der Waals surface area (Å²) in [4.78, 5) is 22.4. The van der Waals surface area contributed by atoms with Crippen molar-refractivity contribution in [1.29, 1.82) is 0 Å². The Labute approximate surface area is 163 Å². The van der Waals surface area contributed by atoms with Crippen LogP contribution in [-0.2, 0) is 17.8 Å². The van der Waals surface area contributed by atoms with Gasteiger partial charge < -0.3 is 10.2 Å². The Balaban J connectivity index is 1.44. The van der Waals surface area contributed by atoms with Crippen molar-refractivity contribution in [2.45, 2.75) is 19.0 Å². The fourth-order valence-electron chi connectivity index (χ4n) is 4.40. The van der Waals surface area contributed by atoms with E-state index in [9.17, 15) is 4.79 Å². The lowest BCUT2D eigenvalue weighted by Crippen LogP contribution is -2.51. The van der Waals surface area contributed by atoms with Gasteiger partial charge in [0.25, 0.3) is 0 Å². The van der Waals surface area contributed by atoms with Gasteiger partial charge in [0.1, 0.15) is 6.04 Å². The van der Waals surface area contributed by atoms with Gasteiger partial charge in [0.15, 0.2) is 5.65 Å². The van der Waals surface area contributed by atoms with E-state index in [2.05, 4.69) is 37.5 Å². The molecule has 7 nitrogen and oxygen atoms in total. The molecule has 0 aliphatic carbocycles. The number of H-pyrrole nitrogens is 1. The molecule has 0 bridgehead atoms. The highest BCUT2D eigenvalue weighted by Crippen LogP contribution is 2.29. The number of hydrogen-bond donors (Lipinski definition) is 2. The summed E-state index contributed by atoms with van der Waals surface area (Å²) in [6.07, 6.45) is 4.56. The number of benzene rings is 1. The molecule has 1 amide bonds. The Hall–Kier alpha value is -2.77. The lowest BCUT2D eigenvalue weighted by Gasteiger charge is -2.38. The first kappa shape index (κ1) is 17.3. The quantitative estimate of drug-likeness (QED) is 0.724. The highest BCUT2D eigenvalue weighted by molar-refractivity contribution is 5.85. The van der Waals surface area contributed by atoms with Gasteiger partial charge in [0, 0.05) is 50.9 Å². The molecule has 0 saturated carbocycles. The van der Waals surface area contributed by atoms with Gasteiger partial charge in [-0.3, -0.25) is 14.8 Å². The van der Waals surface area contributed by atoms with Crippen molar-refractivity contribution in [2.24, 2.45) is 0 Å². The molecule has 2 aliphatic heterocycles. The average molecular weight is 376 g/mol. The Morgan fingerprint density at radius 2 is 1.89 bits per heavy atom. The summed E-state index contributed by atoms with van der Waals surface area (Å²) in [6.45, 7) is 4.94. The first-order valence-corrected chi connectivity index (χ1v) is 9.89. The fraction of sp³-hybridized carbons (Fsp3) is 0.381. The predicted molar refractivity (Wildman–Crippen MR) is 107 cm³/mol. The van der Waals surface area contributed by atoms with Crippen LogP contribution in [0.5, 0.6) is 0 Å². The highest BCUT2D eigenvalue weighted by atomic mass is 16.2. The lowest BCUT2D eigenvalue weighted by molar-refractivity contribution is -0.138. The number of rotatable bonds is 3. The summed E-state index contributed by atoms with van der Waals surface area (Å²) in [6, 6.07) is 9.95. The lowest BCUT2D eigenvalue weighted by atomic mass is 9.97. The first-order chi connectivity index (χ1) is 13.8. The number of nitrogens with one attached hydrogen (secondary N) is 2. The van der Waals surface area contributed by atoms with Gasteiger partial charge in [0.05, 0.1) is 6.20 Å². The summed E-state index contributed by atoms with van der Waals surface area (Å²) >= 11 is 0. The van der Waals surface area contributed by atoms with E-state index in [1.807, 2.05) is 35.5 Å². The van der Waals surface area contributed by atoms with Crippen LogP contribution >= 0.6 is 0 Å². The maximum atomic E-state index is 13.6. The molecule has 2 aromatic heterocycles. The number of aromatic amines is 1. The second-order valence-corrected chi connectivity index (χ2v) is 7.50. The van der Waals surface area contributed by atoms with E-state index in [-0.39, 0.29) is 11.9 Å². The second-order valence-electron chi connectivity index (χ2n) is 7.50. The summed E-state index contributed by atoms with van der Waals surface area (Å²) in [5.74, 6) is 0.186. The van der Waals surface area contributed by atoms with Crippen molar-refractivity contribution in [2.75, 3.05) is 32.7 Å². The molecule has 1 saturated heterocycles. The van der Waals surface area contributed by atoms with Crippen LogP contribution in [-0.4, -0.2) is 63.6 Å². The standard InChI is InChI=1S/C21H24N6O/c28-21(19(15-4-2-1-3-5-15)26-10-7-22-8-11-26)27-9-6-17-16(14-27)12-23-20-18(17)13-24-25-20/h1-5,12-13,19,22H,6-11,14H2,(H,23,24,25). The SMILES string of the molecule is O=C(C(c1ccccc1)N1CCNCC1)N1CCc2c(cnc3[nH]ncc23)C1. The van der Waals surface area contributed by atoms with Crippen LogP contribution in [0.25, 0.3) is 11.0 Å². The normalized spacial score (nSPS) is 18.8. The van der Waals surface area contributed by atoms with Crippen molar-refractivity contribution < 1.29 is 4.79 Å². The maximum Gasteiger partial charge on any atom is 0.244 e. The van der Waals surface area contributed by atoms with Crippen LogP contribution in [0, 0.1) is 0 Å². The topological polar surface area (TPSA) is 77.2 Å². The number of carbonyl (C=O) groups is 1. The molecule has 5 rings (SSSR count). The summed E-state index contributed by atoms with van der Waals surface area (Å²) in [7, 11) is 0. The Morgan fingerprint density at radius 1 is 1.07 bits per heavy atom. The minimum atomic E-state index is -0.226. The van der Waals surface area contributed by atoms with Crippen LogP contribution in [0.3, 0.4) is 0 Å². The average Bonchev–Trinajstić information content (AvgIpc) is 3.24. The van der Waals surface area contributed by atoms with E-state index >= 15 is 0 Å². The zero-order valence-electron chi connectivity index (χ0n) is 15.8. The monoisotopic (exact) mass is 376 g/mol. The van der Waals surface area contributed by atoms with Gasteiger partial charge in [-0.25, -0.2) is 4.98 Å². The number of carbonyl (C=O) groups excluding carboxylic acids is 1. The van der Waals surface area contributed by atoms with E-state index in [0.717, 1.165) is 61.3 Å². The third kappa shape index (κ3) is 3.06. The summed E-state index contributed by atoms with van der Waals surface area (Å²) in [5, 5.41) is 11.5. The Bertz CT molecular complexity index is 979. The van der Waals surface area contributed by atoms with E-state index in [1.54, 1.807) is 0 Å². The predicted octanol–water partition coefficient (Wildman–Crippen LogP) is 1.49. The Kier molecular flexibility index (Phi) is 4.54. The molecule has 2 aliphatic rings. The van der Waals surface area contributed by atoms with Crippen LogP contribution in [0.4, 0.5) is 0 Å². The number of hydrogen-bond acceptors (Lipinski definition) is 5. The molecule has 1 atom stereocenters. The second kappa shape index (κ2) is 7.33. The first-order valence-electron chi connectivity index (χ1n) is 9.89. The smallest absolute Gasteiger partial charge is 0.244 e. The molecule has 3 aromatic rings. The fourth-order valence-corrected chi connectivity index (χ4v) is 4.40. The zero-order chi connectivity index (χ0) is 18.9. The molecule has 0 radical (unpaired) electrons. The molecule has 144 valence electrons. The zero-order valence-corrected chi connectivity index (χ0v) is 15.8. The minimum Gasteiger partial charge on any atom is -0.336 e. The molecule has 1 unspecified atom stereocenters. The molecule has 28 heavy (non-hydrogen) atoms. The van der Waals surface area contributed by atoms with Crippen LogP contribution < -0.4 is 5.32 Å². The summed E-state index contributed by atoms with van der Waals surface area (Å²) < 4.78 is 0. The minimum absolute atomic E-state index is 0.186. The number of fused-ring (bicyclic) bond motifs is 3. The molecule has 2 N–H and O–H groups in total. The van der Waals surface area contributed by atoms with Crippen molar-refractivity contribution in [1.82, 2.24) is 30.3 Å².